The number of carbonyl (C=O) groups excluding carboxylic acids is 2. The molecule has 256 valence electrons. The molecular weight excluding hydrogens is 703 g/mol. The molecule has 2 aliphatic carbocycles. The van der Waals surface area contributed by atoms with Gasteiger partial charge in [0.05, 0.1) is 22.4 Å². The average molecular weight is 727 g/mol. The third kappa shape index (κ3) is 5.35. The largest absolute Gasteiger partial charge is 0.348 e. The van der Waals surface area contributed by atoms with Gasteiger partial charge in [-0.05, 0) is 53.6 Å². The van der Waals surface area contributed by atoms with Crippen molar-refractivity contribution in [1.82, 2.24) is 30.4 Å². The molecule has 16 heteroatoms. The highest BCUT2D eigenvalue weighted by atomic mass is 32.2. The Labute approximate surface area is 288 Å². The Balaban J connectivity index is 1.23. The number of halogens is 6. The van der Waals surface area contributed by atoms with E-state index in [0.717, 1.165) is 17.7 Å². The molecular formula is C34H24F6N6O2S2. The summed E-state index contributed by atoms with van der Waals surface area (Å²) in [6.07, 6.45) is 1.16. The molecule has 3 aliphatic rings. The fourth-order valence-corrected chi connectivity index (χ4v) is 8.40. The molecule has 0 saturated heterocycles. The second kappa shape index (κ2) is 12.0. The number of nitrogens with zero attached hydrogens (tertiary/aromatic N) is 4. The third-order valence-electron chi connectivity index (χ3n) is 9.20. The Hall–Kier alpha value is -4.70. The van der Waals surface area contributed by atoms with E-state index in [9.17, 15) is 27.2 Å². The molecule has 0 bridgehead atoms. The molecule has 3 aromatic heterocycles. The van der Waals surface area contributed by atoms with Crippen molar-refractivity contribution >= 4 is 45.3 Å². The van der Waals surface area contributed by atoms with Crippen molar-refractivity contribution in [3.05, 3.63) is 106 Å². The van der Waals surface area contributed by atoms with Crippen LogP contribution in [0.4, 0.5) is 26.3 Å². The first kappa shape index (κ1) is 32.5. The highest BCUT2D eigenvalue weighted by Crippen LogP contribution is 2.59. The second-order valence-corrected chi connectivity index (χ2v) is 14.3. The summed E-state index contributed by atoms with van der Waals surface area (Å²) in [4.78, 5) is 35.7. The standard InChI is InChI=1S/C34H24F6N6O2S2/c1-49-33-44-31-24(50-33)11-20(15-2-3-16-12-41-32(48)21(16)9-15)27(43-31)23(8-14-6-17(35)10-18(36)7-14)42-25(47)13-46-29-26(28(45-46)30(37)38)19-4-5-22(19)34(29,39)40/h2-7,9-11,19,22-23,30H,8,12-13H2,1H3,(H,41,48)(H,42,47)/t19-,22+,23?/m0/s1. The van der Waals surface area contributed by atoms with Crippen LogP contribution in [0.3, 0.4) is 0 Å². The minimum Gasteiger partial charge on any atom is -0.348 e. The number of aromatic nitrogens is 4. The molecule has 8 nitrogen and oxygen atoms in total. The monoisotopic (exact) mass is 726 g/mol. The summed E-state index contributed by atoms with van der Waals surface area (Å²) in [7, 11) is 0. The van der Waals surface area contributed by atoms with Gasteiger partial charge in [0.1, 0.15) is 29.6 Å². The molecule has 2 aromatic carbocycles. The van der Waals surface area contributed by atoms with Gasteiger partial charge in [0, 0.05) is 35.2 Å². The Morgan fingerprint density at radius 2 is 1.86 bits per heavy atom. The van der Waals surface area contributed by atoms with Gasteiger partial charge in [-0.25, -0.2) is 27.5 Å². The number of hydrogen-bond acceptors (Lipinski definition) is 7. The summed E-state index contributed by atoms with van der Waals surface area (Å²) in [5, 5.41) is 9.29. The van der Waals surface area contributed by atoms with E-state index in [1.807, 2.05) is 6.26 Å². The lowest BCUT2D eigenvalue weighted by Gasteiger charge is -2.27. The number of pyridine rings is 1. The summed E-state index contributed by atoms with van der Waals surface area (Å²) in [5.41, 5.74) is 1.14. The minimum atomic E-state index is -3.53. The number of hydrogen-bond donors (Lipinski definition) is 2. The van der Waals surface area contributed by atoms with Crippen LogP contribution in [0.25, 0.3) is 21.5 Å². The van der Waals surface area contributed by atoms with Gasteiger partial charge in [-0.15, -0.1) is 11.3 Å². The Morgan fingerprint density at radius 3 is 2.56 bits per heavy atom. The van der Waals surface area contributed by atoms with Crippen molar-refractivity contribution in [2.75, 3.05) is 6.26 Å². The molecule has 1 unspecified atom stereocenters. The van der Waals surface area contributed by atoms with Crippen LogP contribution in [-0.4, -0.2) is 37.8 Å². The zero-order valence-corrected chi connectivity index (χ0v) is 27.4. The van der Waals surface area contributed by atoms with Gasteiger partial charge in [-0.2, -0.15) is 13.9 Å². The highest BCUT2D eigenvalue weighted by Gasteiger charge is 2.60. The number of thioether (sulfide) groups is 1. The number of allylic oxidation sites excluding steroid dienone is 2. The average Bonchev–Trinajstić information content (AvgIpc) is 3.76. The Morgan fingerprint density at radius 1 is 1.08 bits per heavy atom. The van der Waals surface area contributed by atoms with Crippen molar-refractivity contribution in [3.63, 3.8) is 0 Å². The van der Waals surface area contributed by atoms with Gasteiger partial charge >= 0.3 is 0 Å². The molecule has 8 rings (SSSR count). The van der Waals surface area contributed by atoms with Gasteiger partial charge in [0.15, 0.2) is 9.99 Å². The van der Waals surface area contributed by atoms with Crippen LogP contribution in [0.5, 0.6) is 0 Å². The minimum absolute atomic E-state index is 0.145. The quantitative estimate of drug-likeness (QED) is 0.0947. The van der Waals surface area contributed by atoms with Crippen molar-refractivity contribution in [2.45, 2.75) is 48.2 Å². The molecule has 1 aliphatic heterocycles. The first-order valence-corrected chi connectivity index (χ1v) is 17.4. The molecule has 0 saturated carbocycles. The number of fused-ring (bicyclic) bond motifs is 5. The fourth-order valence-electron chi connectivity index (χ4n) is 6.94. The Bertz CT molecular complexity index is 2250. The zero-order valence-electron chi connectivity index (χ0n) is 25.8. The van der Waals surface area contributed by atoms with Gasteiger partial charge < -0.3 is 10.6 Å². The summed E-state index contributed by atoms with van der Waals surface area (Å²) in [5.74, 6) is -8.66. The van der Waals surface area contributed by atoms with E-state index in [-0.39, 0.29) is 29.1 Å². The number of thiazole rings is 1. The normalized spacial score (nSPS) is 18.9. The first-order valence-electron chi connectivity index (χ1n) is 15.4. The van der Waals surface area contributed by atoms with E-state index >= 15 is 8.78 Å². The maximum Gasteiger partial charge on any atom is 0.296 e. The lowest BCUT2D eigenvalue weighted by atomic mass is 9.81. The van der Waals surface area contributed by atoms with Crippen LogP contribution in [-0.2, 0) is 30.2 Å². The molecule has 5 aromatic rings. The van der Waals surface area contributed by atoms with Crippen molar-refractivity contribution in [2.24, 2.45) is 5.92 Å². The van der Waals surface area contributed by atoms with Crippen LogP contribution in [0, 0.1) is 17.6 Å². The van der Waals surface area contributed by atoms with Crippen LogP contribution >= 0.6 is 23.1 Å². The topological polar surface area (TPSA) is 102 Å². The number of alkyl halides is 4. The number of amides is 2. The predicted octanol–water partition coefficient (Wildman–Crippen LogP) is 7.21. The van der Waals surface area contributed by atoms with E-state index in [1.54, 1.807) is 24.3 Å². The van der Waals surface area contributed by atoms with E-state index in [0.29, 0.717) is 48.7 Å². The fraction of sp³-hybridized carbons (Fsp3) is 0.265. The van der Waals surface area contributed by atoms with Gasteiger partial charge in [-0.3, -0.25) is 14.3 Å². The first-order chi connectivity index (χ1) is 23.9. The number of carbonyl (C=O) groups is 2. The summed E-state index contributed by atoms with van der Waals surface area (Å²) >= 11 is 2.77. The van der Waals surface area contributed by atoms with Crippen molar-refractivity contribution in [1.29, 1.82) is 0 Å². The molecule has 0 spiro atoms. The summed E-state index contributed by atoms with van der Waals surface area (Å²) < 4.78 is 89.7. The van der Waals surface area contributed by atoms with Gasteiger partial charge in [0.25, 0.3) is 18.3 Å². The van der Waals surface area contributed by atoms with E-state index in [4.69, 9.17) is 4.98 Å². The van der Waals surface area contributed by atoms with E-state index in [2.05, 4.69) is 20.7 Å². The molecule has 3 atom stereocenters. The SMILES string of the molecule is CSc1nc2nc(C(Cc3cc(F)cc(F)c3)NC(=O)Cn3nc(C(F)F)c4c3C(F)(F)[C@@H]3C=C[C@H]43)c(-c3ccc4c(c3)C(=O)NC4)cc2s1. The predicted molar refractivity (Wildman–Crippen MR) is 173 cm³/mol. The van der Waals surface area contributed by atoms with E-state index < -0.39 is 65.7 Å². The van der Waals surface area contributed by atoms with Crippen molar-refractivity contribution < 1.29 is 35.9 Å². The maximum atomic E-state index is 15.4. The molecule has 50 heavy (non-hydrogen) atoms. The highest BCUT2D eigenvalue weighted by molar-refractivity contribution is 8.00. The zero-order chi connectivity index (χ0) is 35.1. The van der Waals surface area contributed by atoms with Crippen LogP contribution < -0.4 is 10.6 Å². The molecule has 2 amide bonds. The van der Waals surface area contributed by atoms with Gasteiger partial charge in [0.2, 0.25) is 5.91 Å². The third-order valence-corrected chi connectivity index (χ3v) is 11.2. The van der Waals surface area contributed by atoms with E-state index in [1.165, 1.54) is 35.3 Å². The van der Waals surface area contributed by atoms with Crippen LogP contribution in [0.15, 0.2) is 59.0 Å². The van der Waals surface area contributed by atoms with Crippen LogP contribution in [0.1, 0.15) is 62.5 Å². The second-order valence-electron chi connectivity index (χ2n) is 12.2. The Kier molecular flexibility index (Phi) is 7.78. The number of benzene rings is 2. The lowest BCUT2D eigenvalue weighted by molar-refractivity contribution is -0.123. The lowest BCUT2D eigenvalue weighted by Crippen LogP contribution is -2.35. The summed E-state index contributed by atoms with van der Waals surface area (Å²) in [6.45, 7) is -0.489. The maximum absolute atomic E-state index is 15.4. The van der Waals surface area contributed by atoms with Crippen LogP contribution in [0.2, 0.25) is 0 Å². The number of nitrogens with one attached hydrogen (secondary N) is 2. The molecule has 4 heterocycles. The smallest absolute Gasteiger partial charge is 0.296 e. The molecule has 2 N–H and O–H groups in total. The number of rotatable bonds is 9. The summed E-state index contributed by atoms with van der Waals surface area (Å²) in [6, 6.07) is 8.79. The molecule has 0 radical (unpaired) electrons. The molecule has 0 fully saturated rings. The van der Waals surface area contributed by atoms with Gasteiger partial charge in [-0.1, -0.05) is 36.0 Å². The van der Waals surface area contributed by atoms with Crippen molar-refractivity contribution in [3.8, 4) is 11.1 Å².